The van der Waals surface area contributed by atoms with Gasteiger partial charge in [-0.05, 0) is 45.0 Å². The minimum Gasteiger partial charge on any atom is -0.301 e. The minimum absolute atomic E-state index is 0.263. The second-order valence-electron chi connectivity index (χ2n) is 6.57. The van der Waals surface area contributed by atoms with Crippen LogP contribution >= 0.6 is 23.1 Å². The number of benzene rings is 1. The summed E-state index contributed by atoms with van der Waals surface area (Å²) in [5.41, 5.74) is 2.65. The molecular formula is C19H16F2N6OS2. The summed E-state index contributed by atoms with van der Waals surface area (Å²) >= 11 is 2.46. The SMILES string of the molecule is Cc1cc(C)n2c(S[C@H](C)C(=O)Nc3nc(-c4ccc(F)c(F)c4)cs3)nnc2n1. The molecule has 0 aliphatic rings. The third kappa shape index (κ3) is 4.03. The molecule has 0 aliphatic carbocycles. The number of hydrogen-bond donors (Lipinski definition) is 1. The topological polar surface area (TPSA) is 85.1 Å². The number of aryl methyl sites for hydroxylation is 2. The van der Waals surface area contributed by atoms with Gasteiger partial charge in [0.25, 0.3) is 5.78 Å². The van der Waals surface area contributed by atoms with E-state index < -0.39 is 16.9 Å². The van der Waals surface area contributed by atoms with E-state index in [0.717, 1.165) is 23.5 Å². The molecule has 4 aromatic rings. The zero-order valence-electron chi connectivity index (χ0n) is 16.2. The Bertz CT molecular complexity index is 1260. The number of carbonyl (C=O) groups is 1. The first kappa shape index (κ1) is 20.4. The second-order valence-corrected chi connectivity index (χ2v) is 8.74. The van der Waals surface area contributed by atoms with Gasteiger partial charge in [-0.15, -0.1) is 21.5 Å². The predicted molar refractivity (Wildman–Crippen MR) is 112 cm³/mol. The van der Waals surface area contributed by atoms with E-state index in [0.29, 0.717) is 27.3 Å². The van der Waals surface area contributed by atoms with Crippen LogP contribution in [0.2, 0.25) is 0 Å². The maximum Gasteiger partial charge on any atom is 0.256 e. The highest BCUT2D eigenvalue weighted by molar-refractivity contribution is 8.00. The molecule has 1 N–H and O–H groups in total. The van der Waals surface area contributed by atoms with Crippen LogP contribution in [0.25, 0.3) is 17.0 Å². The highest BCUT2D eigenvalue weighted by atomic mass is 32.2. The maximum atomic E-state index is 13.4. The number of thiazole rings is 1. The molecule has 30 heavy (non-hydrogen) atoms. The first-order valence-electron chi connectivity index (χ1n) is 8.89. The van der Waals surface area contributed by atoms with E-state index in [1.54, 1.807) is 16.7 Å². The molecule has 11 heteroatoms. The average molecular weight is 447 g/mol. The Labute approximate surface area is 178 Å². The van der Waals surface area contributed by atoms with Crippen LogP contribution in [0.15, 0.2) is 34.8 Å². The van der Waals surface area contributed by atoms with Crippen molar-refractivity contribution >= 4 is 39.9 Å². The lowest BCUT2D eigenvalue weighted by Crippen LogP contribution is -2.22. The summed E-state index contributed by atoms with van der Waals surface area (Å²) in [6.07, 6.45) is 0. The molecule has 1 aromatic carbocycles. The van der Waals surface area contributed by atoms with Crippen molar-refractivity contribution in [2.45, 2.75) is 31.2 Å². The molecule has 0 bridgehead atoms. The Hall–Kier alpha value is -2.92. The Morgan fingerprint density at radius 1 is 1.17 bits per heavy atom. The van der Waals surface area contributed by atoms with Crippen LogP contribution in [-0.4, -0.2) is 35.7 Å². The van der Waals surface area contributed by atoms with Gasteiger partial charge in [0.15, 0.2) is 21.9 Å². The molecule has 0 saturated carbocycles. The maximum absolute atomic E-state index is 13.4. The van der Waals surface area contributed by atoms with Crippen LogP contribution in [0.4, 0.5) is 13.9 Å². The molecule has 3 heterocycles. The molecule has 7 nitrogen and oxygen atoms in total. The van der Waals surface area contributed by atoms with Gasteiger partial charge in [0.1, 0.15) is 0 Å². The number of aromatic nitrogens is 5. The predicted octanol–water partition coefficient (Wildman–Crippen LogP) is 4.26. The molecule has 4 rings (SSSR count). The summed E-state index contributed by atoms with van der Waals surface area (Å²) in [4.78, 5) is 21.2. The zero-order chi connectivity index (χ0) is 21.4. The van der Waals surface area contributed by atoms with Gasteiger partial charge >= 0.3 is 0 Å². The van der Waals surface area contributed by atoms with E-state index >= 15 is 0 Å². The summed E-state index contributed by atoms with van der Waals surface area (Å²) in [6.45, 7) is 5.56. The van der Waals surface area contributed by atoms with Crippen LogP contribution in [-0.2, 0) is 4.79 Å². The fraction of sp³-hybridized carbons (Fsp3) is 0.211. The highest BCUT2D eigenvalue weighted by Gasteiger charge is 2.20. The zero-order valence-corrected chi connectivity index (χ0v) is 17.8. The Balaban J connectivity index is 1.47. The van der Waals surface area contributed by atoms with Crippen molar-refractivity contribution in [1.29, 1.82) is 0 Å². The van der Waals surface area contributed by atoms with Crippen LogP contribution in [0, 0.1) is 25.5 Å². The number of halogens is 2. The van der Waals surface area contributed by atoms with E-state index in [-0.39, 0.29) is 5.91 Å². The quantitative estimate of drug-likeness (QED) is 0.461. The number of anilines is 1. The molecule has 1 amide bonds. The number of rotatable bonds is 5. The Morgan fingerprint density at radius 3 is 2.73 bits per heavy atom. The Kier molecular flexibility index (Phi) is 5.48. The van der Waals surface area contributed by atoms with E-state index in [1.807, 2.05) is 19.9 Å². The summed E-state index contributed by atoms with van der Waals surface area (Å²) in [6, 6.07) is 5.47. The standard InChI is InChI=1S/C19H16F2N6OS2/c1-9-6-10(2)27-17(22-9)25-26-19(27)30-11(3)16(28)24-18-23-15(8-29-18)12-4-5-13(20)14(21)7-12/h4-8,11H,1-3H3,(H,23,24,28)/t11-/m1/s1. The third-order valence-electron chi connectivity index (χ3n) is 4.26. The number of fused-ring (bicyclic) bond motifs is 1. The van der Waals surface area contributed by atoms with Gasteiger partial charge in [-0.3, -0.25) is 9.20 Å². The summed E-state index contributed by atoms with van der Waals surface area (Å²) in [5, 5.41) is 13.1. The largest absolute Gasteiger partial charge is 0.301 e. The lowest BCUT2D eigenvalue weighted by atomic mass is 10.2. The van der Waals surface area contributed by atoms with Crippen LogP contribution < -0.4 is 5.32 Å². The molecule has 154 valence electrons. The molecular weight excluding hydrogens is 430 g/mol. The fourth-order valence-electron chi connectivity index (χ4n) is 2.81. The van der Waals surface area contributed by atoms with Crippen molar-refractivity contribution in [2.24, 2.45) is 0 Å². The summed E-state index contributed by atoms with van der Waals surface area (Å²) in [7, 11) is 0. The number of amides is 1. The van der Waals surface area contributed by atoms with Crippen LogP contribution in [0.3, 0.4) is 0 Å². The van der Waals surface area contributed by atoms with Crippen LogP contribution in [0.1, 0.15) is 18.3 Å². The average Bonchev–Trinajstić information content (AvgIpc) is 3.31. The number of thioether (sulfide) groups is 1. The first-order chi connectivity index (χ1) is 14.3. The molecule has 1 atom stereocenters. The summed E-state index contributed by atoms with van der Waals surface area (Å²) < 4.78 is 28.3. The molecule has 0 unspecified atom stereocenters. The fourth-order valence-corrected chi connectivity index (χ4v) is 4.44. The number of nitrogens with zero attached hydrogens (tertiary/aromatic N) is 5. The first-order valence-corrected chi connectivity index (χ1v) is 10.7. The van der Waals surface area contributed by atoms with Gasteiger partial charge in [-0.2, -0.15) is 0 Å². The van der Waals surface area contributed by atoms with Crippen molar-refractivity contribution in [3.8, 4) is 11.3 Å². The normalized spacial score (nSPS) is 12.3. The molecule has 0 spiro atoms. The van der Waals surface area contributed by atoms with E-state index in [1.165, 1.54) is 29.2 Å². The number of carbonyl (C=O) groups excluding carboxylic acids is 1. The van der Waals surface area contributed by atoms with E-state index in [2.05, 4.69) is 25.5 Å². The van der Waals surface area contributed by atoms with E-state index in [9.17, 15) is 13.6 Å². The van der Waals surface area contributed by atoms with Crippen molar-refractivity contribution in [3.63, 3.8) is 0 Å². The smallest absolute Gasteiger partial charge is 0.256 e. The van der Waals surface area contributed by atoms with Crippen molar-refractivity contribution in [2.75, 3.05) is 5.32 Å². The van der Waals surface area contributed by atoms with Gasteiger partial charge in [-0.1, -0.05) is 11.8 Å². The molecule has 3 aromatic heterocycles. The monoisotopic (exact) mass is 446 g/mol. The van der Waals surface area contributed by atoms with Crippen LogP contribution in [0.5, 0.6) is 0 Å². The number of nitrogens with one attached hydrogen (secondary N) is 1. The minimum atomic E-state index is -0.948. The van der Waals surface area contributed by atoms with Gasteiger partial charge in [0.05, 0.1) is 10.9 Å². The van der Waals surface area contributed by atoms with Gasteiger partial charge in [-0.25, -0.2) is 18.7 Å². The molecule has 0 saturated heterocycles. The van der Waals surface area contributed by atoms with Crippen molar-refractivity contribution in [3.05, 3.63) is 52.7 Å². The third-order valence-corrected chi connectivity index (χ3v) is 6.06. The Morgan fingerprint density at radius 2 is 1.97 bits per heavy atom. The van der Waals surface area contributed by atoms with Gasteiger partial charge < -0.3 is 5.32 Å². The second kappa shape index (κ2) is 8.07. The van der Waals surface area contributed by atoms with E-state index in [4.69, 9.17) is 0 Å². The van der Waals surface area contributed by atoms with Crippen molar-refractivity contribution in [1.82, 2.24) is 24.6 Å². The molecule has 0 radical (unpaired) electrons. The molecule has 0 fully saturated rings. The van der Waals surface area contributed by atoms with Crippen molar-refractivity contribution < 1.29 is 13.6 Å². The lowest BCUT2D eigenvalue weighted by Gasteiger charge is -2.10. The lowest BCUT2D eigenvalue weighted by molar-refractivity contribution is -0.115. The summed E-state index contributed by atoms with van der Waals surface area (Å²) in [5.74, 6) is -1.65. The number of hydrogen-bond acceptors (Lipinski definition) is 7. The molecule has 0 aliphatic heterocycles. The van der Waals surface area contributed by atoms with Gasteiger partial charge in [0, 0.05) is 22.3 Å². The highest BCUT2D eigenvalue weighted by Crippen LogP contribution is 2.28. The van der Waals surface area contributed by atoms with Gasteiger partial charge in [0.2, 0.25) is 5.91 Å².